The maximum absolute atomic E-state index is 12.5. The molecule has 3 heterocycles. The Kier molecular flexibility index (Phi) is 7.03. The minimum Gasteiger partial charge on any atom is -0.462 e. The molecular formula is C31H38N6O2. The van der Waals surface area contributed by atoms with Crippen molar-refractivity contribution in [3.63, 3.8) is 0 Å². The third-order valence-corrected chi connectivity index (χ3v) is 9.39. The van der Waals surface area contributed by atoms with Crippen LogP contribution < -0.4 is 9.64 Å². The molecule has 0 bridgehead atoms. The van der Waals surface area contributed by atoms with Crippen molar-refractivity contribution < 1.29 is 9.53 Å². The zero-order valence-electron chi connectivity index (χ0n) is 22.9. The fourth-order valence-electron chi connectivity index (χ4n) is 7.23. The van der Waals surface area contributed by atoms with E-state index in [0.717, 1.165) is 56.6 Å². The fourth-order valence-corrected chi connectivity index (χ4v) is 7.23. The van der Waals surface area contributed by atoms with E-state index in [1.165, 1.54) is 29.2 Å². The van der Waals surface area contributed by atoms with Crippen molar-refractivity contribution in [1.29, 1.82) is 5.26 Å². The third-order valence-electron chi connectivity index (χ3n) is 9.39. The lowest BCUT2D eigenvalue weighted by Gasteiger charge is -2.42. The number of hydrogen-bond acceptors (Lipinski definition) is 7. The Balaban J connectivity index is 1.30. The topological polar surface area (TPSA) is 85.6 Å². The largest absolute Gasteiger partial charge is 0.462 e. The quantitative estimate of drug-likeness (QED) is 0.534. The molecule has 2 aliphatic carbocycles. The number of fused-ring (bicyclic) bond motifs is 2. The molecule has 6 rings (SSSR count). The van der Waals surface area contributed by atoms with E-state index in [-0.39, 0.29) is 23.8 Å². The number of ether oxygens (including phenoxy) is 1. The molecule has 4 aliphatic rings. The molecule has 2 aromatic rings. The van der Waals surface area contributed by atoms with Crippen molar-refractivity contribution in [3.8, 4) is 12.1 Å². The average Bonchev–Trinajstić information content (AvgIpc) is 3.52. The molecule has 1 aromatic carbocycles. The van der Waals surface area contributed by atoms with E-state index in [2.05, 4.69) is 53.8 Å². The number of amides is 1. The molecule has 2 aliphatic heterocycles. The summed E-state index contributed by atoms with van der Waals surface area (Å²) in [7, 11) is 2.15. The van der Waals surface area contributed by atoms with Crippen LogP contribution >= 0.6 is 0 Å². The first-order chi connectivity index (χ1) is 19.0. The Morgan fingerprint density at radius 1 is 1.18 bits per heavy atom. The summed E-state index contributed by atoms with van der Waals surface area (Å²) in [5, 5.41) is 9.49. The van der Waals surface area contributed by atoms with Crippen molar-refractivity contribution in [2.45, 2.75) is 63.5 Å². The van der Waals surface area contributed by atoms with Crippen molar-refractivity contribution in [2.24, 2.45) is 5.41 Å². The number of rotatable bonds is 6. The van der Waals surface area contributed by atoms with Crippen LogP contribution in [0.3, 0.4) is 0 Å². The SMILES string of the molecule is C=CC(=O)N1CCN(c2nc(OCC3CCCN3C)nc3c2CCC2(Cc4ccccc4C2)C3)CC1CC#N. The van der Waals surface area contributed by atoms with Gasteiger partial charge in [0.1, 0.15) is 12.4 Å². The van der Waals surface area contributed by atoms with E-state index in [1.54, 1.807) is 4.90 Å². The van der Waals surface area contributed by atoms with Gasteiger partial charge in [-0.2, -0.15) is 15.2 Å². The number of hydrogen-bond donors (Lipinski definition) is 0. The maximum atomic E-state index is 12.5. The highest BCUT2D eigenvalue weighted by Crippen LogP contribution is 2.47. The molecule has 8 heteroatoms. The van der Waals surface area contributed by atoms with E-state index in [0.29, 0.717) is 38.3 Å². The molecule has 2 saturated heterocycles. The first-order valence-electron chi connectivity index (χ1n) is 14.3. The average molecular weight is 527 g/mol. The molecule has 1 aromatic heterocycles. The maximum Gasteiger partial charge on any atom is 0.318 e. The van der Waals surface area contributed by atoms with Gasteiger partial charge < -0.3 is 19.4 Å². The fraction of sp³-hybridized carbons (Fsp3) is 0.548. The van der Waals surface area contributed by atoms with Gasteiger partial charge in [0, 0.05) is 31.2 Å². The highest BCUT2D eigenvalue weighted by atomic mass is 16.5. The Hall–Kier alpha value is -3.44. The Bertz CT molecular complexity index is 1280. The lowest BCUT2D eigenvalue weighted by molar-refractivity contribution is -0.128. The molecule has 2 fully saturated rings. The summed E-state index contributed by atoms with van der Waals surface area (Å²) in [4.78, 5) is 28.9. The zero-order valence-corrected chi connectivity index (χ0v) is 22.9. The lowest BCUT2D eigenvalue weighted by atomic mass is 9.71. The Labute approximate surface area is 231 Å². The predicted octanol–water partition coefficient (Wildman–Crippen LogP) is 3.34. The minimum atomic E-state index is -0.198. The van der Waals surface area contributed by atoms with Crippen LogP contribution in [0, 0.1) is 16.7 Å². The van der Waals surface area contributed by atoms with Gasteiger partial charge >= 0.3 is 6.01 Å². The number of likely N-dealkylation sites (tertiary alicyclic amines) is 1. The van der Waals surface area contributed by atoms with E-state index in [9.17, 15) is 10.1 Å². The second-order valence-electron chi connectivity index (χ2n) is 11.8. The molecule has 0 N–H and O–H groups in total. The van der Waals surface area contributed by atoms with Gasteiger partial charge in [-0.05, 0) is 81.2 Å². The van der Waals surface area contributed by atoms with Gasteiger partial charge in [-0.1, -0.05) is 30.8 Å². The zero-order chi connectivity index (χ0) is 27.0. The number of aromatic nitrogens is 2. The molecule has 8 nitrogen and oxygen atoms in total. The van der Waals surface area contributed by atoms with Crippen molar-refractivity contribution in [1.82, 2.24) is 19.8 Å². The molecule has 1 amide bonds. The number of anilines is 1. The van der Waals surface area contributed by atoms with Gasteiger partial charge in [-0.15, -0.1) is 0 Å². The van der Waals surface area contributed by atoms with E-state index < -0.39 is 0 Å². The minimum absolute atomic E-state index is 0.118. The van der Waals surface area contributed by atoms with Gasteiger partial charge in [-0.3, -0.25) is 4.79 Å². The first kappa shape index (κ1) is 25.8. The number of likely N-dealkylation sites (N-methyl/N-ethyl adjacent to an activating group) is 1. The van der Waals surface area contributed by atoms with Gasteiger partial charge in [-0.25, -0.2) is 0 Å². The van der Waals surface area contributed by atoms with Crippen LogP contribution in [-0.2, 0) is 30.5 Å². The predicted molar refractivity (Wildman–Crippen MR) is 150 cm³/mol. The molecular weight excluding hydrogens is 488 g/mol. The van der Waals surface area contributed by atoms with Crippen LogP contribution in [0.25, 0.3) is 0 Å². The van der Waals surface area contributed by atoms with Crippen molar-refractivity contribution in [2.75, 3.05) is 44.7 Å². The molecule has 2 unspecified atom stereocenters. The number of piperazine rings is 1. The normalized spacial score (nSPS) is 23.8. The first-order valence-corrected chi connectivity index (χ1v) is 14.3. The molecule has 2 atom stereocenters. The lowest BCUT2D eigenvalue weighted by Crippen LogP contribution is -2.55. The van der Waals surface area contributed by atoms with Crippen molar-refractivity contribution >= 4 is 11.7 Å². The molecule has 1 spiro atoms. The van der Waals surface area contributed by atoms with Crippen molar-refractivity contribution in [3.05, 3.63) is 59.3 Å². The molecule has 0 radical (unpaired) electrons. The van der Waals surface area contributed by atoms with Crippen LogP contribution in [0.5, 0.6) is 6.01 Å². The summed E-state index contributed by atoms with van der Waals surface area (Å²) in [6.45, 7) is 7.11. The second-order valence-corrected chi connectivity index (χ2v) is 11.8. The van der Waals surface area contributed by atoms with E-state index >= 15 is 0 Å². The summed E-state index contributed by atoms with van der Waals surface area (Å²) < 4.78 is 6.30. The number of nitrogens with zero attached hydrogens (tertiary/aromatic N) is 6. The second kappa shape index (κ2) is 10.6. The summed E-state index contributed by atoms with van der Waals surface area (Å²) in [6.07, 6.45) is 9.09. The Morgan fingerprint density at radius 3 is 2.67 bits per heavy atom. The van der Waals surface area contributed by atoms with Gasteiger partial charge in [0.25, 0.3) is 0 Å². The van der Waals surface area contributed by atoms with Crippen LogP contribution in [0.15, 0.2) is 36.9 Å². The van der Waals surface area contributed by atoms with E-state index in [4.69, 9.17) is 14.7 Å². The number of carbonyl (C=O) groups is 1. The third kappa shape index (κ3) is 5.00. The summed E-state index contributed by atoms with van der Waals surface area (Å²) in [5.74, 6) is 0.806. The summed E-state index contributed by atoms with van der Waals surface area (Å²) in [5.41, 5.74) is 5.46. The van der Waals surface area contributed by atoms with Crippen LogP contribution in [-0.4, -0.2) is 77.6 Å². The van der Waals surface area contributed by atoms with Gasteiger partial charge in [0.2, 0.25) is 5.91 Å². The standard InChI is InChI=1S/C31H38N6O2/c1-3-28(38)37-16-15-36(20-24(37)11-13-32)29-26-10-12-31(17-22-7-4-5-8-23(22)18-31)19-27(26)33-30(34-29)39-21-25-9-6-14-35(25)2/h3-5,7-8,24-25H,1,6,9-12,14-21H2,2H3. The van der Waals surface area contributed by atoms with Crippen LogP contribution in [0.2, 0.25) is 0 Å². The van der Waals surface area contributed by atoms with Gasteiger partial charge in [0.05, 0.1) is 24.2 Å². The van der Waals surface area contributed by atoms with E-state index in [1.807, 2.05) is 0 Å². The monoisotopic (exact) mass is 526 g/mol. The summed E-state index contributed by atoms with van der Waals surface area (Å²) in [6, 6.07) is 11.8. The Morgan fingerprint density at radius 2 is 1.97 bits per heavy atom. The summed E-state index contributed by atoms with van der Waals surface area (Å²) >= 11 is 0. The smallest absolute Gasteiger partial charge is 0.318 e. The number of carbonyl (C=O) groups excluding carboxylic acids is 1. The van der Waals surface area contributed by atoms with Gasteiger partial charge in [0.15, 0.2) is 0 Å². The molecule has 39 heavy (non-hydrogen) atoms. The van der Waals surface area contributed by atoms with Crippen LogP contribution in [0.4, 0.5) is 5.82 Å². The molecule has 204 valence electrons. The number of benzene rings is 1. The number of nitriles is 1. The molecule has 0 saturated carbocycles. The highest BCUT2D eigenvalue weighted by molar-refractivity contribution is 5.87. The van der Waals surface area contributed by atoms with Crippen LogP contribution in [0.1, 0.15) is 48.1 Å². The highest BCUT2D eigenvalue weighted by Gasteiger charge is 2.42.